The first-order valence-corrected chi connectivity index (χ1v) is 13.4. The molecule has 2 aliphatic rings. The molecule has 0 saturated heterocycles. The van der Waals surface area contributed by atoms with E-state index in [1.165, 1.54) is 0 Å². The molecule has 0 bridgehead atoms. The Bertz CT molecular complexity index is 1490. The van der Waals surface area contributed by atoms with Gasteiger partial charge in [-0.2, -0.15) is 0 Å². The first kappa shape index (κ1) is 27.1. The quantitative estimate of drug-likeness (QED) is 0.362. The third-order valence-electron chi connectivity index (χ3n) is 7.60. The average Bonchev–Trinajstić information content (AvgIpc) is 2.96. The summed E-state index contributed by atoms with van der Waals surface area (Å²) in [7, 11) is 3.18. The molecule has 3 aromatic carbocycles. The van der Waals surface area contributed by atoms with Crippen molar-refractivity contribution < 1.29 is 28.9 Å². The molecule has 0 saturated carbocycles. The average molecular weight is 540 g/mol. The number of carbonyl (C=O) groups excluding carboxylic acids is 2. The Kier molecular flexibility index (Phi) is 7.91. The van der Waals surface area contributed by atoms with Crippen molar-refractivity contribution in [3.05, 3.63) is 112 Å². The van der Waals surface area contributed by atoms with Crippen molar-refractivity contribution >= 4 is 11.8 Å². The molecule has 0 fully saturated rings. The number of ether oxygens (including phenoxy) is 3. The van der Waals surface area contributed by atoms with Gasteiger partial charge in [-0.1, -0.05) is 48.5 Å². The molecule has 2 atom stereocenters. The van der Waals surface area contributed by atoms with Gasteiger partial charge in [-0.05, 0) is 60.2 Å². The standard InChI is InChI=1S/C33H33NO6/c1-20-30(33(37)40-15-14-21-8-5-4-6-9-21)31(23-10-7-11-25(35)16-23)32-26(34-20)17-24(18-27(32)36)22-12-13-28(38-2)29(19-22)39-3/h4-13,16,19,24,31,34-35H,14-15,17-18H2,1-3H3/t24-,31-/m1/s1. The minimum Gasteiger partial charge on any atom is -0.508 e. The predicted molar refractivity (Wildman–Crippen MR) is 151 cm³/mol. The number of benzene rings is 3. The van der Waals surface area contributed by atoms with Crippen molar-refractivity contribution in [3.63, 3.8) is 0 Å². The Morgan fingerprint density at radius 1 is 0.925 bits per heavy atom. The van der Waals surface area contributed by atoms with Crippen LogP contribution >= 0.6 is 0 Å². The van der Waals surface area contributed by atoms with Gasteiger partial charge in [0.15, 0.2) is 17.3 Å². The molecule has 0 spiro atoms. The topological polar surface area (TPSA) is 94.1 Å². The van der Waals surface area contributed by atoms with E-state index in [4.69, 9.17) is 14.2 Å². The molecule has 5 rings (SSSR count). The zero-order valence-electron chi connectivity index (χ0n) is 22.9. The molecule has 0 aromatic heterocycles. The third-order valence-corrected chi connectivity index (χ3v) is 7.60. The lowest BCUT2D eigenvalue weighted by molar-refractivity contribution is -0.139. The van der Waals surface area contributed by atoms with E-state index in [0.717, 1.165) is 16.8 Å². The number of ketones is 1. The van der Waals surface area contributed by atoms with E-state index in [0.29, 0.717) is 46.7 Å². The van der Waals surface area contributed by atoms with Crippen LogP contribution in [0, 0.1) is 0 Å². The monoisotopic (exact) mass is 539 g/mol. The summed E-state index contributed by atoms with van der Waals surface area (Å²) in [5.74, 6) is 0.0565. The van der Waals surface area contributed by atoms with Gasteiger partial charge < -0.3 is 24.6 Å². The SMILES string of the molecule is COc1ccc([C@H]2CC(=O)C3=C(C2)NC(C)=C(C(=O)OCCc2ccccc2)[C@H]3c2cccc(O)c2)cc1OC. The van der Waals surface area contributed by atoms with E-state index in [9.17, 15) is 14.7 Å². The van der Waals surface area contributed by atoms with E-state index < -0.39 is 11.9 Å². The van der Waals surface area contributed by atoms with Gasteiger partial charge in [-0.25, -0.2) is 4.79 Å². The predicted octanol–water partition coefficient (Wildman–Crippen LogP) is 5.56. The van der Waals surface area contributed by atoms with Crippen molar-refractivity contribution in [1.29, 1.82) is 0 Å². The van der Waals surface area contributed by atoms with Crippen molar-refractivity contribution in [2.24, 2.45) is 0 Å². The number of methoxy groups -OCH3 is 2. The molecule has 1 aliphatic heterocycles. The van der Waals surface area contributed by atoms with Crippen LogP contribution in [0.25, 0.3) is 0 Å². The van der Waals surface area contributed by atoms with E-state index in [2.05, 4.69) is 5.32 Å². The number of Topliss-reactive ketones (excluding diaryl/α,β-unsaturated/α-hetero) is 1. The molecule has 1 heterocycles. The van der Waals surface area contributed by atoms with Gasteiger partial charge in [0.1, 0.15) is 5.75 Å². The zero-order valence-corrected chi connectivity index (χ0v) is 22.9. The second kappa shape index (κ2) is 11.7. The molecule has 2 N–H and O–H groups in total. The number of carbonyl (C=O) groups is 2. The lowest BCUT2D eigenvalue weighted by Gasteiger charge is -2.36. The summed E-state index contributed by atoms with van der Waals surface area (Å²) in [6.07, 6.45) is 1.45. The van der Waals surface area contributed by atoms with Gasteiger partial charge in [0, 0.05) is 35.7 Å². The summed E-state index contributed by atoms with van der Waals surface area (Å²) in [5.41, 5.74) is 5.06. The second-order valence-corrected chi connectivity index (χ2v) is 10.1. The van der Waals surface area contributed by atoms with Crippen LogP contribution in [-0.2, 0) is 20.7 Å². The molecule has 0 amide bonds. The van der Waals surface area contributed by atoms with Crippen molar-refractivity contribution in [3.8, 4) is 17.2 Å². The van der Waals surface area contributed by atoms with Crippen LogP contribution < -0.4 is 14.8 Å². The maximum atomic E-state index is 13.8. The maximum Gasteiger partial charge on any atom is 0.336 e. The largest absolute Gasteiger partial charge is 0.508 e. The number of dihydropyridines is 1. The summed E-state index contributed by atoms with van der Waals surface area (Å²) >= 11 is 0. The van der Waals surface area contributed by atoms with E-state index in [-0.39, 0.29) is 30.5 Å². The summed E-state index contributed by atoms with van der Waals surface area (Å²) in [6, 6.07) is 22.3. The van der Waals surface area contributed by atoms with Gasteiger partial charge in [0.05, 0.1) is 26.4 Å². The number of hydrogen-bond acceptors (Lipinski definition) is 7. The van der Waals surface area contributed by atoms with Crippen LogP contribution in [0.1, 0.15) is 48.3 Å². The normalized spacial score (nSPS) is 18.6. The fraction of sp³-hybridized carbons (Fsp3) is 0.273. The lowest BCUT2D eigenvalue weighted by Crippen LogP contribution is -2.36. The molecule has 0 unspecified atom stereocenters. The smallest absolute Gasteiger partial charge is 0.336 e. The number of esters is 1. The Balaban J connectivity index is 1.46. The van der Waals surface area contributed by atoms with Gasteiger partial charge in [0.2, 0.25) is 0 Å². The molecule has 7 heteroatoms. The van der Waals surface area contributed by atoms with Gasteiger partial charge in [0.25, 0.3) is 0 Å². The molecule has 1 aliphatic carbocycles. The minimum atomic E-state index is -0.647. The molecule has 3 aromatic rings. The highest BCUT2D eigenvalue weighted by Gasteiger charge is 2.41. The number of nitrogens with one attached hydrogen (secondary N) is 1. The van der Waals surface area contributed by atoms with Crippen molar-refractivity contribution in [2.45, 2.75) is 38.0 Å². The fourth-order valence-electron chi connectivity index (χ4n) is 5.67. The number of phenolic OH excluding ortho intramolecular Hbond substituents is 1. The first-order valence-electron chi connectivity index (χ1n) is 13.4. The van der Waals surface area contributed by atoms with Crippen LogP contribution in [-0.4, -0.2) is 37.7 Å². The highest BCUT2D eigenvalue weighted by atomic mass is 16.5. The molecule has 7 nitrogen and oxygen atoms in total. The highest BCUT2D eigenvalue weighted by Crippen LogP contribution is 2.46. The number of phenols is 1. The van der Waals surface area contributed by atoms with Crippen LogP contribution in [0.2, 0.25) is 0 Å². The van der Waals surface area contributed by atoms with Gasteiger partial charge >= 0.3 is 5.97 Å². The molecular weight excluding hydrogens is 506 g/mol. The van der Waals surface area contributed by atoms with E-state index in [1.54, 1.807) is 32.4 Å². The maximum absolute atomic E-state index is 13.8. The van der Waals surface area contributed by atoms with E-state index in [1.807, 2.05) is 61.5 Å². The minimum absolute atomic E-state index is 0.0519. The zero-order chi connectivity index (χ0) is 28.2. The van der Waals surface area contributed by atoms with Gasteiger partial charge in [-0.15, -0.1) is 0 Å². The Morgan fingerprint density at radius 3 is 2.42 bits per heavy atom. The first-order chi connectivity index (χ1) is 19.4. The summed E-state index contributed by atoms with van der Waals surface area (Å²) < 4.78 is 16.6. The number of rotatable bonds is 8. The van der Waals surface area contributed by atoms with Crippen molar-refractivity contribution in [1.82, 2.24) is 5.32 Å². The summed E-state index contributed by atoms with van der Waals surface area (Å²) in [4.78, 5) is 27.4. The fourth-order valence-corrected chi connectivity index (χ4v) is 5.67. The third kappa shape index (κ3) is 5.45. The molecule has 40 heavy (non-hydrogen) atoms. The lowest BCUT2D eigenvalue weighted by atomic mass is 9.71. The number of aromatic hydroxyl groups is 1. The number of hydrogen-bond donors (Lipinski definition) is 2. The van der Waals surface area contributed by atoms with Crippen LogP contribution in [0.3, 0.4) is 0 Å². The van der Waals surface area contributed by atoms with Crippen LogP contribution in [0.15, 0.2) is 95.3 Å². The number of allylic oxidation sites excluding steroid dienone is 3. The highest BCUT2D eigenvalue weighted by molar-refractivity contribution is 6.04. The molecular formula is C33H33NO6. The Hall–Kier alpha value is -4.52. The van der Waals surface area contributed by atoms with Crippen LogP contribution in [0.4, 0.5) is 0 Å². The van der Waals surface area contributed by atoms with Gasteiger partial charge in [-0.3, -0.25) is 4.79 Å². The second-order valence-electron chi connectivity index (χ2n) is 10.1. The van der Waals surface area contributed by atoms with E-state index >= 15 is 0 Å². The Labute approximate surface area is 234 Å². The van der Waals surface area contributed by atoms with Crippen molar-refractivity contribution in [2.75, 3.05) is 20.8 Å². The molecule has 206 valence electrons. The summed E-state index contributed by atoms with van der Waals surface area (Å²) in [6.45, 7) is 2.05. The Morgan fingerprint density at radius 2 is 1.70 bits per heavy atom. The summed E-state index contributed by atoms with van der Waals surface area (Å²) in [5, 5.41) is 13.6. The van der Waals surface area contributed by atoms with Crippen LogP contribution in [0.5, 0.6) is 17.2 Å². The molecule has 0 radical (unpaired) electrons.